The van der Waals surface area contributed by atoms with Crippen LogP contribution in [-0.2, 0) is 11.3 Å². The topological polar surface area (TPSA) is 49.9 Å². The fraction of sp³-hybridized carbons (Fsp3) is 0.727. The van der Waals surface area contributed by atoms with Crippen LogP contribution in [0.15, 0.2) is 12.3 Å². The number of ether oxygens (including phenoxy) is 1. The Kier molecular flexibility index (Phi) is 2.46. The molecule has 1 aromatic rings. The van der Waals surface area contributed by atoms with E-state index in [4.69, 9.17) is 4.74 Å². The van der Waals surface area contributed by atoms with E-state index >= 15 is 0 Å². The predicted octanol–water partition coefficient (Wildman–Crippen LogP) is 1.07. The van der Waals surface area contributed by atoms with Crippen molar-refractivity contribution in [3.05, 3.63) is 18.0 Å². The zero-order valence-electron chi connectivity index (χ0n) is 8.78. The molecule has 4 heteroatoms. The summed E-state index contributed by atoms with van der Waals surface area (Å²) in [6.45, 7) is 1.79. The molecule has 2 unspecified atom stereocenters. The van der Waals surface area contributed by atoms with Crippen LogP contribution in [0.1, 0.15) is 25.0 Å². The third-order valence-electron chi connectivity index (χ3n) is 3.34. The van der Waals surface area contributed by atoms with E-state index in [1.807, 2.05) is 6.07 Å². The van der Waals surface area contributed by atoms with Crippen LogP contribution < -0.4 is 5.32 Å². The summed E-state index contributed by atoms with van der Waals surface area (Å²) in [5.74, 6) is 0.826. The van der Waals surface area contributed by atoms with E-state index < -0.39 is 0 Å². The Bertz CT molecular complexity index is 308. The number of nitrogens with zero attached hydrogens (tertiary/aromatic N) is 1. The lowest BCUT2D eigenvalue weighted by molar-refractivity contribution is 0.0808. The second-order valence-corrected chi connectivity index (χ2v) is 4.53. The van der Waals surface area contributed by atoms with Gasteiger partial charge in [0.2, 0.25) is 0 Å². The fourth-order valence-electron chi connectivity index (χ4n) is 2.34. The summed E-state index contributed by atoms with van der Waals surface area (Å²) in [5.41, 5.74) is 1.15. The third kappa shape index (κ3) is 2.06. The second-order valence-electron chi connectivity index (χ2n) is 4.53. The molecular formula is C11H17N3O. The lowest BCUT2D eigenvalue weighted by Gasteiger charge is -2.18. The lowest BCUT2D eigenvalue weighted by Crippen LogP contribution is -2.37. The van der Waals surface area contributed by atoms with Crippen molar-refractivity contribution in [2.75, 3.05) is 6.61 Å². The molecule has 2 fully saturated rings. The van der Waals surface area contributed by atoms with Gasteiger partial charge >= 0.3 is 0 Å². The smallest absolute Gasteiger partial charge is 0.0757 e. The molecule has 0 radical (unpaired) electrons. The lowest BCUT2D eigenvalue weighted by atomic mass is 10.1. The molecule has 2 N–H and O–H groups in total. The van der Waals surface area contributed by atoms with E-state index in [0.717, 1.165) is 31.2 Å². The molecule has 82 valence electrons. The third-order valence-corrected chi connectivity index (χ3v) is 3.34. The quantitative estimate of drug-likeness (QED) is 0.776. The molecule has 15 heavy (non-hydrogen) atoms. The largest absolute Gasteiger partial charge is 0.376 e. The van der Waals surface area contributed by atoms with Crippen LogP contribution >= 0.6 is 0 Å². The van der Waals surface area contributed by atoms with Gasteiger partial charge in [0, 0.05) is 31.1 Å². The van der Waals surface area contributed by atoms with Gasteiger partial charge in [-0.25, -0.2) is 0 Å². The van der Waals surface area contributed by atoms with Crippen molar-refractivity contribution in [2.45, 2.75) is 38.0 Å². The number of rotatable bonds is 4. The summed E-state index contributed by atoms with van der Waals surface area (Å²) >= 11 is 0. The fourth-order valence-corrected chi connectivity index (χ4v) is 2.34. The first-order valence-electron chi connectivity index (χ1n) is 5.77. The molecule has 1 aliphatic carbocycles. The van der Waals surface area contributed by atoms with Crippen molar-refractivity contribution in [2.24, 2.45) is 5.92 Å². The molecule has 1 aliphatic heterocycles. The number of hydrogen-bond acceptors (Lipinski definition) is 3. The summed E-state index contributed by atoms with van der Waals surface area (Å²) in [4.78, 5) is 0. The molecule has 1 saturated heterocycles. The predicted molar refractivity (Wildman–Crippen MR) is 56.3 cm³/mol. The highest BCUT2D eigenvalue weighted by Gasteiger charge is 2.40. The van der Waals surface area contributed by atoms with Gasteiger partial charge in [0.05, 0.1) is 6.10 Å². The number of hydrogen-bond donors (Lipinski definition) is 2. The van der Waals surface area contributed by atoms with E-state index in [0.29, 0.717) is 12.1 Å². The second kappa shape index (κ2) is 3.94. The van der Waals surface area contributed by atoms with Crippen molar-refractivity contribution in [3.63, 3.8) is 0 Å². The van der Waals surface area contributed by atoms with Crippen molar-refractivity contribution in [1.82, 2.24) is 15.5 Å². The minimum Gasteiger partial charge on any atom is -0.376 e. The molecule has 2 atom stereocenters. The normalized spacial score (nSPS) is 30.9. The number of nitrogens with one attached hydrogen (secondary N) is 2. The Morgan fingerprint density at radius 2 is 2.40 bits per heavy atom. The van der Waals surface area contributed by atoms with Gasteiger partial charge in [-0.1, -0.05) is 0 Å². The first-order chi connectivity index (χ1) is 7.43. The molecule has 2 aliphatic rings. The Morgan fingerprint density at radius 1 is 1.47 bits per heavy atom. The van der Waals surface area contributed by atoms with E-state index in [-0.39, 0.29) is 0 Å². The van der Waals surface area contributed by atoms with Gasteiger partial charge in [-0.3, -0.25) is 5.10 Å². The minimum atomic E-state index is 0.466. The van der Waals surface area contributed by atoms with Gasteiger partial charge < -0.3 is 10.1 Å². The average Bonchev–Trinajstić information content (AvgIpc) is 2.81. The van der Waals surface area contributed by atoms with Crippen molar-refractivity contribution in [1.29, 1.82) is 0 Å². The Morgan fingerprint density at radius 3 is 3.13 bits per heavy atom. The molecule has 2 heterocycles. The summed E-state index contributed by atoms with van der Waals surface area (Å²) in [6.07, 6.45) is 6.11. The highest BCUT2D eigenvalue weighted by atomic mass is 16.5. The maximum absolute atomic E-state index is 5.77. The van der Waals surface area contributed by atoms with Crippen molar-refractivity contribution in [3.8, 4) is 0 Å². The van der Waals surface area contributed by atoms with Crippen molar-refractivity contribution < 1.29 is 4.74 Å². The van der Waals surface area contributed by atoms with Crippen LogP contribution in [0.3, 0.4) is 0 Å². The number of aromatic nitrogens is 2. The summed E-state index contributed by atoms with van der Waals surface area (Å²) in [6, 6.07) is 2.55. The summed E-state index contributed by atoms with van der Waals surface area (Å²) in [5, 5.41) is 10.5. The summed E-state index contributed by atoms with van der Waals surface area (Å²) in [7, 11) is 0. The van der Waals surface area contributed by atoms with Crippen LogP contribution in [-0.4, -0.2) is 29.0 Å². The van der Waals surface area contributed by atoms with Gasteiger partial charge in [-0.2, -0.15) is 5.10 Å². The first-order valence-corrected chi connectivity index (χ1v) is 5.77. The Balaban J connectivity index is 1.53. The molecule has 0 amide bonds. The van der Waals surface area contributed by atoms with E-state index in [1.54, 1.807) is 6.20 Å². The van der Waals surface area contributed by atoms with Crippen LogP contribution in [0.5, 0.6) is 0 Å². The van der Waals surface area contributed by atoms with Crippen LogP contribution in [0, 0.1) is 5.92 Å². The zero-order chi connectivity index (χ0) is 10.1. The van der Waals surface area contributed by atoms with E-state index in [2.05, 4.69) is 15.5 Å². The van der Waals surface area contributed by atoms with Crippen LogP contribution in [0.4, 0.5) is 0 Å². The number of aromatic amines is 1. The Labute approximate surface area is 89.4 Å². The molecule has 1 aromatic heterocycles. The molecule has 3 rings (SSSR count). The monoisotopic (exact) mass is 207 g/mol. The Hall–Kier alpha value is -0.870. The highest BCUT2D eigenvalue weighted by molar-refractivity contribution is 4.99. The van der Waals surface area contributed by atoms with Gasteiger partial charge in [0.1, 0.15) is 0 Å². The van der Waals surface area contributed by atoms with Gasteiger partial charge in [-0.15, -0.1) is 0 Å². The standard InChI is InChI=1S/C11H17N3O/c1-2-8(1)11-10(4-6-15-11)12-7-9-3-5-13-14-9/h3,5,8,10-12H,1-2,4,6-7H2,(H,13,14). The zero-order valence-corrected chi connectivity index (χ0v) is 8.78. The molecule has 0 spiro atoms. The SMILES string of the molecule is c1cc(CNC2CCOC2C2CC2)[nH]n1. The highest BCUT2D eigenvalue weighted by Crippen LogP contribution is 2.38. The molecule has 0 aromatic carbocycles. The average molecular weight is 207 g/mol. The van der Waals surface area contributed by atoms with Gasteiger partial charge in [0.25, 0.3) is 0 Å². The van der Waals surface area contributed by atoms with E-state index in [9.17, 15) is 0 Å². The molecule has 0 bridgehead atoms. The molecule has 4 nitrogen and oxygen atoms in total. The maximum Gasteiger partial charge on any atom is 0.0757 e. The summed E-state index contributed by atoms with van der Waals surface area (Å²) < 4.78 is 5.77. The van der Waals surface area contributed by atoms with Gasteiger partial charge in [-0.05, 0) is 31.2 Å². The van der Waals surface area contributed by atoms with Crippen molar-refractivity contribution >= 4 is 0 Å². The molecular weight excluding hydrogens is 190 g/mol. The first kappa shape index (κ1) is 9.36. The van der Waals surface area contributed by atoms with Gasteiger partial charge in [0.15, 0.2) is 0 Å². The van der Waals surface area contributed by atoms with Crippen LogP contribution in [0.2, 0.25) is 0 Å². The maximum atomic E-state index is 5.77. The molecule has 1 saturated carbocycles. The minimum absolute atomic E-state index is 0.466. The number of H-pyrrole nitrogens is 1. The van der Waals surface area contributed by atoms with E-state index in [1.165, 1.54) is 12.8 Å². The van der Waals surface area contributed by atoms with Crippen LogP contribution in [0.25, 0.3) is 0 Å².